The van der Waals surface area contributed by atoms with Crippen LogP contribution in [0.5, 0.6) is 0 Å². The maximum Gasteiger partial charge on any atom is 0.289 e. The fraction of sp³-hybridized carbons (Fsp3) is 0.200. The number of para-hydroxylation sites is 1. The van der Waals surface area contributed by atoms with Crippen molar-refractivity contribution in [1.82, 2.24) is 15.8 Å². The van der Waals surface area contributed by atoms with Gasteiger partial charge in [0.15, 0.2) is 16.1 Å². The van der Waals surface area contributed by atoms with Crippen molar-refractivity contribution < 1.29 is 18.7 Å². The molecular formula is C25H22N4O5S. The van der Waals surface area contributed by atoms with Gasteiger partial charge < -0.3 is 14.1 Å². The first kappa shape index (κ1) is 22.8. The molecule has 0 spiro atoms. The van der Waals surface area contributed by atoms with E-state index in [1.807, 2.05) is 35.2 Å². The molecule has 0 radical (unpaired) electrons. The van der Waals surface area contributed by atoms with Crippen molar-refractivity contribution in [3.05, 3.63) is 81.0 Å². The average Bonchev–Trinajstić information content (AvgIpc) is 3.40. The zero-order valence-corrected chi connectivity index (χ0v) is 19.7. The molecule has 4 aromatic rings. The summed E-state index contributed by atoms with van der Waals surface area (Å²) in [6.07, 6.45) is 0. The lowest BCUT2D eigenvalue weighted by atomic mass is 10.0. The van der Waals surface area contributed by atoms with Crippen LogP contribution < -0.4 is 21.2 Å². The monoisotopic (exact) mass is 490 g/mol. The minimum Gasteiger partial charge on any atom is -0.455 e. The third-order valence-electron chi connectivity index (χ3n) is 5.72. The largest absolute Gasteiger partial charge is 0.455 e. The standard InChI is InChI=1S/C25H22N4O5S/c1-15-20(30)17-8-5-9-18(22(17)34-21(15)16-6-3-2-4-7-16)23(31)27-28-24(32)19-14-35-25(26-19)29-10-12-33-13-11-29/h2-9,14H,10-13H2,1H3,(H,27,31)(H,28,32). The molecule has 5 rings (SSSR count). The topological polar surface area (TPSA) is 114 Å². The van der Waals surface area contributed by atoms with Crippen LogP contribution in [-0.2, 0) is 4.74 Å². The zero-order valence-electron chi connectivity index (χ0n) is 18.9. The summed E-state index contributed by atoms with van der Waals surface area (Å²) in [5.41, 5.74) is 6.23. The highest BCUT2D eigenvalue weighted by atomic mass is 32.1. The van der Waals surface area contributed by atoms with E-state index in [-0.39, 0.29) is 27.7 Å². The summed E-state index contributed by atoms with van der Waals surface area (Å²) in [6.45, 7) is 4.34. The molecule has 0 bridgehead atoms. The number of carbonyl (C=O) groups excluding carboxylic acids is 2. The molecule has 0 saturated carbocycles. The number of hydrogen-bond donors (Lipinski definition) is 2. The van der Waals surface area contributed by atoms with Gasteiger partial charge in [-0.3, -0.25) is 25.2 Å². The summed E-state index contributed by atoms with van der Waals surface area (Å²) in [6, 6.07) is 14.0. The lowest BCUT2D eigenvalue weighted by molar-refractivity contribution is 0.0844. The number of aromatic nitrogens is 1. The van der Waals surface area contributed by atoms with E-state index in [0.29, 0.717) is 37.6 Å². The minimum absolute atomic E-state index is 0.129. The van der Waals surface area contributed by atoms with Crippen molar-refractivity contribution in [3.8, 4) is 11.3 Å². The lowest BCUT2D eigenvalue weighted by Crippen LogP contribution is -2.42. The van der Waals surface area contributed by atoms with Crippen LogP contribution in [0.25, 0.3) is 22.3 Å². The predicted octanol–water partition coefficient (Wildman–Crippen LogP) is 3.14. The summed E-state index contributed by atoms with van der Waals surface area (Å²) < 4.78 is 11.4. The fourth-order valence-electron chi connectivity index (χ4n) is 3.87. The van der Waals surface area contributed by atoms with Gasteiger partial charge in [0.2, 0.25) is 0 Å². The number of fused-ring (bicyclic) bond motifs is 1. The molecule has 1 fully saturated rings. The number of benzene rings is 2. The number of ether oxygens (including phenoxy) is 1. The maximum absolute atomic E-state index is 13.0. The molecular weight excluding hydrogens is 468 g/mol. The molecule has 2 N–H and O–H groups in total. The molecule has 35 heavy (non-hydrogen) atoms. The lowest BCUT2D eigenvalue weighted by Gasteiger charge is -2.25. The van der Waals surface area contributed by atoms with E-state index in [1.165, 1.54) is 17.4 Å². The van der Waals surface area contributed by atoms with E-state index < -0.39 is 11.8 Å². The first-order valence-electron chi connectivity index (χ1n) is 11.0. The number of rotatable bonds is 4. The second kappa shape index (κ2) is 9.69. The van der Waals surface area contributed by atoms with Crippen LogP contribution in [0.1, 0.15) is 26.4 Å². The van der Waals surface area contributed by atoms with Crippen LogP contribution >= 0.6 is 11.3 Å². The Morgan fingerprint density at radius 3 is 2.51 bits per heavy atom. The van der Waals surface area contributed by atoms with Crippen molar-refractivity contribution in [2.75, 3.05) is 31.2 Å². The molecule has 0 aliphatic carbocycles. The number of hydrazine groups is 1. The molecule has 1 aliphatic rings. The first-order valence-corrected chi connectivity index (χ1v) is 11.9. The van der Waals surface area contributed by atoms with Gasteiger partial charge in [0.1, 0.15) is 11.5 Å². The van der Waals surface area contributed by atoms with Crippen LogP contribution in [0.15, 0.2) is 63.1 Å². The molecule has 178 valence electrons. The van der Waals surface area contributed by atoms with Crippen molar-refractivity contribution in [2.45, 2.75) is 6.92 Å². The molecule has 2 amide bonds. The second-order valence-electron chi connectivity index (χ2n) is 7.96. The summed E-state index contributed by atoms with van der Waals surface area (Å²) >= 11 is 1.36. The zero-order chi connectivity index (χ0) is 24.4. The van der Waals surface area contributed by atoms with Crippen molar-refractivity contribution in [3.63, 3.8) is 0 Å². The van der Waals surface area contributed by atoms with E-state index in [2.05, 4.69) is 15.8 Å². The Hall–Kier alpha value is -4.02. The number of nitrogens with one attached hydrogen (secondary N) is 2. The van der Waals surface area contributed by atoms with Crippen LogP contribution in [0, 0.1) is 6.92 Å². The first-order chi connectivity index (χ1) is 17.0. The summed E-state index contributed by atoms with van der Waals surface area (Å²) in [5, 5.41) is 2.65. The van der Waals surface area contributed by atoms with Gasteiger partial charge in [0.25, 0.3) is 11.8 Å². The number of thiazole rings is 1. The van der Waals surface area contributed by atoms with E-state index >= 15 is 0 Å². The number of amides is 2. The Morgan fingerprint density at radius 1 is 1.00 bits per heavy atom. The van der Waals surface area contributed by atoms with Crippen LogP contribution in [0.4, 0.5) is 5.13 Å². The summed E-state index contributed by atoms with van der Waals surface area (Å²) in [5.74, 6) is -0.763. The third kappa shape index (κ3) is 4.53. The van der Waals surface area contributed by atoms with Crippen molar-refractivity contribution in [2.24, 2.45) is 0 Å². The van der Waals surface area contributed by atoms with E-state index in [9.17, 15) is 14.4 Å². The molecule has 1 aliphatic heterocycles. The van der Waals surface area contributed by atoms with E-state index in [4.69, 9.17) is 9.15 Å². The van der Waals surface area contributed by atoms with E-state index in [0.717, 1.165) is 10.7 Å². The number of anilines is 1. The maximum atomic E-state index is 13.0. The van der Waals surface area contributed by atoms with Gasteiger partial charge in [-0.05, 0) is 19.1 Å². The van der Waals surface area contributed by atoms with Gasteiger partial charge in [0.05, 0.1) is 24.2 Å². The Balaban J connectivity index is 1.37. The van der Waals surface area contributed by atoms with Gasteiger partial charge in [-0.2, -0.15) is 0 Å². The molecule has 3 heterocycles. The normalized spacial score (nSPS) is 13.6. The van der Waals surface area contributed by atoms with Crippen LogP contribution in [0.2, 0.25) is 0 Å². The molecule has 2 aromatic heterocycles. The molecule has 0 unspecified atom stereocenters. The Labute approximate surface area is 204 Å². The quantitative estimate of drug-likeness (QED) is 0.423. The Kier molecular flexibility index (Phi) is 6.30. The Morgan fingerprint density at radius 2 is 1.74 bits per heavy atom. The highest BCUT2D eigenvalue weighted by Crippen LogP contribution is 2.27. The smallest absolute Gasteiger partial charge is 0.289 e. The number of morpholine rings is 1. The highest BCUT2D eigenvalue weighted by molar-refractivity contribution is 7.13. The van der Waals surface area contributed by atoms with Crippen molar-refractivity contribution in [1.29, 1.82) is 0 Å². The SMILES string of the molecule is Cc1c(-c2ccccc2)oc2c(C(=O)NNC(=O)c3csc(N4CCOCC4)n3)cccc2c1=O. The van der Waals surface area contributed by atoms with Crippen molar-refractivity contribution >= 4 is 39.3 Å². The molecule has 9 nitrogen and oxygen atoms in total. The van der Waals surface area contributed by atoms with Gasteiger partial charge >= 0.3 is 0 Å². The molecule has 1 saturated heterocycles. The molecule has 0 atom stereocenters. The van der Waals surface area contributed by atoms with Crippen LogP contribution in [-0.4, -0.2) is 43.1 Å². The minimum atomic E-state index is -0.612. The highest BCUT2D eigenvalue weighted by Gasteiger charge is 2.20. The van der Waals surface area contributed by atoms with E-state index in [1.54, 1.807) is 24.4 Å². The van der Waals surface area contributed by atoms with Gasteiger partial charge in [-0.25, -0.2) is 4.98 Å². The summed E-state index contributed by atoms with van der Waals surface area (Å²) in [7, 11) is 0. The molecule has 10 heteroatoms. The van der Waals surface area contributed by atoms with Gasteiger partial charge in [-0.15, -0.1) is 11.3 Å². The number of hydrogen-bond acceptors (Lipinski definition) is 8. The van der Waals surface area contributed by atoms with Gasteiger partial charge in [0, 0.05) is 29.6 Å². The fourth-order valence-corrected chi connectivity index (χ4v) is 4.73. The summed E-state index contributed by atoms with van der Waals surface area (Å²) in [4.78, 5) is 45.0. The number of nitrogens with zero attached hydrogens (tertiary/aromatic N) is 2. The average molecular weight is 491 g/mol. The number of carbonyl (C=O) groups is 2. The van der Waals surface area contributed by atoms with Crippen LogP contribution in [0.3, 0.4) is 0 Å². The predicted molar refractivity (Wildman–Crippen MR) is 133 cm³/mol. The second-order valence-corrected chi connectivity index (χ2v) is 8.79. The molecule has 2 aromatic carbocycles. The van der Waals surface area contributed by atoms with Gasteiger partial charge in [-0.1, -0.05) is 36.4 Å². The third-order valence-corrected chi connectivity index (χ3v) is 6.62. The Bertz CT molecular complexity index is 1460.